The van der Waals surface area contributed by atoms with E-state index < -0.39 is 17.5 Å². The summed E-state index contributed by atoms with van der Waals surface area (Å²) in [5.74, 6) is -0.992. The lowest BCUT2D eigenvalue weighted by atomic mass is 9.92. The van der Waals surface area contributed by atoms with Gasteiger partial charge >= 0.3 is 6.18 Å². The third-order valence-corrected chi connectivity index (χ3v) is 2.65. The van der Waals surface area contributed by atoms with Crippen LogP contribution in [0.15, 0.2) is 30.3 Å². The second-order valence-electron chi connectivity index (χ2n) is 4.11. The Bertz CT molecular complexity index is 384. The second-order valence-corrected chi connectivity index (χ2v) is 4.11. The zero-order valence-electron chi connectivity index (χ0n) is 9.42. The summed E-state index contributed by atoms with van der Waals surface area (Å²) in [5, 5.41) is 0. The number of aryl methyl sites for hydroxylation is 1. The summed E-state index contributed by atoms with van der Waals surface area (Å²) >= 11 is 0. The van der Waals surface area contributed by atoms with Crippen LogP contribution >= 0.6 is 0 Å². The van der Waals surface area contributed by atoms with E-state index in [4.69, 9.17) is 5.73 Å². The summed E-state index contributed by atoms with van der Waals surface area (Å²) in [4.78, 5) is 11.4. The maximum Gasteiger partial charge on any atom is 0.413 e. The molecule has 0 fully saturated rings. The lowest BCUT2D eigenvalue weighted by Gasteiger charge is -2.25. The highest BCUT2D eigenvalue weighted by Gasteiger charge is 2.52. The van der Waals surface area contributed by atoms with Gasteiger partial charge in [-0.2, -0.15) is 13.2 Å². The molecular formula is C12H14F3NO. The number of carbonyl (C=O) groups is 1. The molecule has 94 valence electrons. The molecule has 0 bridgehead atoms. The van der Waals surface area contributed by atoms with Gasteiger partial charge in [-0.05, 0) is 18.9 Å². The Morgan fingerprint density at radius 2 is 1.76 bits per heavy atom. The van der Waals surface area contributed by atoms with Crippen LogP contribution in [0.2, 0.25) is 0 Å². The number of halogens is 3. The van der Waals surface area contributed by atoms with Gasteiger partial charge < -0.3 is 5.73 Å². The number of hydrogen-bond donors (Lipinski definition) is 1. The maximum atomic E-state index is 12.5. The van der Waals surface area contributed by atoms with Crippen molar-refractivity contribution in [3.05, 3.63) is 35.9 Å². The van der Waals surface area contributed by atoms with Crippen LogP contribution in [0.1, 0.15) is 18.9 Å². The van der Waals surface area contributed by atoms with Crippen molar-refractivity contribution in [3.8, 4) is 0 Å². The standard InChI is InChI=1S/C12H14F3NO/c1-11(16,12(13,14)15)10(17)8-7-9-5-3-2-4-6-9/h2-6H,7-8,16H2,1H3. The van der Waals surface area contributed by atoms with Crippen LogP contribution in [0.5, 0.6) is 0 Å². The molecule has 0 saturated heterocycles. The van der Waals surface area contributed by atoms with Gasteiger partial charge in [-0.15, -0.1) is 0 Å². The predicted molar refractivity (Wildman–Crippen MR) is 58.4 cm³/mol. The zero-order chi connectivity index (χ0) is 13.1. The zero-order valence-corrected chi connectivity index (χ0v) is 9.42. The molecule has 1 unspecified atom stereocenters. The minimum Gasteiger partial charge on any atom is -0.312 e. The fourth-order valence-corrected chi connectivity index (χ4v) is 1.32. The van der Waals surface area contributed by atoms with Crippen LogP contribution in [0.4, 0.5) is 13.2 Å². The molecular weight excluding hydrogens is 231 g/mol. The molecule has 0 aliphatic heterocycles. The molecule has 0 saturated carbocycles. The molecule has 0 aromatic heterocycles. The number of alkyl halides is 3. The van der Waals surface area contributed by atoms with Crippen molar-refractivity contribution >= 4 is 5.78 Å². The van der Waals surface area contributed by atoms with Gasteiger partial charge in [-0.3, -0.25) is 4.79 Å². The first-order valence-electron chi connectivity index (χ1n) is 5.18. The molecule has 0 aliphatic rings. The Morgan fingerprint density at radius 3 is 2.24 bits per heavy atom. The largest absolute Gasteiger partial charge is 0.413 e. The minimum atomic E-state index is -4.71. The Hall–Kier alpha value is -1.36. The van der Waals surface area contributed by atoms with Crippen LogP contribution < -0.4 is 5.73 Å². The van der Waals surface area contributed by atoms with Crippen molar-refractivity contribution in [3.63, 3.8) is 0 Å². The molecule has 0 radical (unpaired) electrons. The van der Waals surface area contributed by atoms with Crippen molar-refractivity contribution in [2.45, 2.75) is 31.5 Å². The lowest BCUT2D eigenvalue weighted by molar-refractivity contribution is -0.186. The highest BCUT2D eigenvalue weighted by atomic mass is 19.4. The fourth-order valence-electron chi connectivity index (χ4n) is 1.32. The first-order chi connectivity index (χ1) is 7.75. The van der Waals surface area contributed by atoms with Gasteiger partial charge in [0.1, 0.15) is 0 Å². The molecule has 0 aliphatic carbocycles. The van der Waals surface area contributed by atoms with Gasteiger partial charge in [-0.1, -0.05) is 30.3 Å². The van der Waals surface area contributed by atoms with E-state index >= 15 is 0 Å². The van der Waals surface area contributed by atoms with Gasteiger partial charge in [0.25, 0.3) is 0 Å². The SMILES string of the molecule is CC(N)(C(=O)CCc1ccccc1)C(F)(F)F. The van der Waals surface area contributed by atoms with Crippen molar-refractivity contribution in [2.75, 3.05) is 0 Å². The Morgan fingerprint density at radius 1 is 1.24 bits per heavy atom. The smallest absolute Gasteiger partial charge is 0.312 e. The Kier molecular flexibility index (Phi) is 3.93. The number of Topliss-reactive ketones (excluding diaryl/α,β-unsaturated/α-hetero) is 1. The first kappa shape index (κ1) is 13.7. The summed E-state index contributed by atoms with van der Waals surface area (Å²) in [7, 11) is 0. The van der Waals surface area contributed by atoms with Crippen LogP contribution in [0.3, 0.4) is 0 Å². The summed E-state index contributed by atoms with van der Waals surface area (Å²) in [6, 6.07) is 8.86. The van der Waals surface area contributed by atoms with E-state index in [0.29, 0.717) is 6.92 Å². The number of carbonyl (C=O) groups excluding carboxylic acids is 1. The highest BCUT2D eigenvalue weighted by molar-refractivity contribution is 5.88. The van der Waals surface area contributed by atoms with Gasteiger partial charge in [0.2, 0.25) is 0 Å². The van der Waals surface area contributed by atoms with Crippen molar-refractivity contribution in [1.82, 2.24) is 0 Å². The van der Waals surface area contributed by atoms with Gasteiger partial charge in [-0.25, -0.2) is 0 Å². The van der Waals surface area contributed by atoms with Gasteiger partial charge in [0.15, 0.2) is 11.3 Å². The number of nitrogens with two attached hydrogens (primary N) is 1. The molecule has 2 N–H and O–H groups in total. The molecule has 5 heteroatoms. The van der Waals surface area contributed by atoms with Crippen LogP contribution in [0, 0.1) is 0 Å². The van der Waals surface area contributed by atoms with Crippen molar-refractivity contribution < 1.29 is 18.0 Å². The normalized spacial score (nSPS) is 15.4. The third-order valence-electron chi connectivity index (χ3n) is 2.65. The van der Waals surface area contributed by atoms with E-state index in [1.807, 2.05) is 0 Å². The van der Waals surface area contributed by atoms with E-state index in [-0.39, 0.29) is 12.8 Å². The topological polar surface area (TPSA) is 43.1 Å². The van der Waals surface area contributed by atoms with Crippen LogP contribution in [0.25, 0.3) is 0 Å². The highest BCUT2D eigenvalue weighted by Crippen LogP contribution is 2.29. The molecule has 0 heterocycles. The molecule has 1 aromatic rings. The minimum absolute atomic E-state index is 0.212. The summed E-state index contributed by atoms with van der Waals surface area (Å²) in [5.41, 5.74) is 3.08. The molecule has 1 aromatic carbocycles. The van der Waals surface area contributed by atoms with E-state index in [0.717, 1.165) is 5.56 Å². The van der Waals surface area contributed by atoms with E-state index in [1.165, 1.54) is 0 Å². The summed E-state index contributed by atoms with van der Waals surface area (Å²) in [6.07, 6.45) is -4.65. The van der Waals surface area contributed by atoms with Crippen LogP contribution in [-0.4, -0.2) is 17.5 Å². The van der Waals surface area contributed by atoms with E-state index in [1.54, 1.807) is 30.3 Å². The van der Waals surface area contributed by atoms with Crippen LogP contribution in [-0.2, 0) is 11.2 Å². The van der Waals surface area contributed by atoms with Gasteiger partial charge in [0, 0.05) is 6.42 Å². The fraction of sp³-hybridized carbons (Fsp3) is 0.417. The quantitative estimate of drug-likeness (QED) is 0.885. The summed E-state index contributed by atoms with van der Waals surface area (Å²) < 4.78 is 37.4. The Balaban J connectivity index is 2.62. The Labute approximate surface area is 97.6 Å². The van der Waals surface area contributed by atoms with Crippen molar-refractivity contribution in [2.24, 2.45) is 5.73 Å². The van der Waals surface area contributed by atoms with Crippen molar-refractivity contribution in [1.29, 1.82) is 0 Å². The third kappa shape index (κ3) is 3.30. The second kappa shape index (κ2) is 4.87. The molecule has 0 amide bonds. The molecule has 1 atom stereocenters. The molecule has 2 nitrogen and oxygen atoms in total. The lowest BCUT2D eigenvalue weighted by Crippen LogP contribution is -2.57. The monoisotopic (exact) mass is 245 g/mol. The van der Waals surface area contributed by atoms with Gasteiger partial charge in [0.05, 0.1) is 0 Å². The number of benzene rings is 1. The average Bonchev–Trinajstić information content (AvgIpc) is 2.25. The predicted octanol–water partition coefficient (Wildman–Crippen LogP) is 2.47. The number of ketones is 1. The number of hydrogen-bond acceptors (Lipinski definition) is 2. The summed E-state index contributed by atoms with van der Waals surface area (Å²) in [6.45, 7) is 0.709. The first-order valence-corrected chi connectivity index (χ1v) is 5.18. The van der Waals surface area contributed by atoms with E-state index in [9.17, 15) is 18.0 Å². The molecule has 17 heavy (non-hydrogen) atoms. The maximum absolute atomic E-state index is 12.5. The van der Waals surface area contributed by atoms with E-state index in [2.05, 4.69) is 0 Å². The molecule has 0 spiro atoms. The average molecular weight is 245 g/mol. The number of rotatable bonds is 4. The molecule has 1 rings (SSSR count).